The lowest BCUT2D eigenvalue weighted by Gasteiger charge is -2.24. The van der Waals surface area contributed by atoms with Crippen molar-refractivity contribution in [1.29, 1.82) is 0 Å². The molecule has 25 heavy (non-hydrogen) atoms. The van der Waals surface area contributed by atoms with Crippen LogP contribution >= 0.6 is 11.6 Å². The van der Waals surface area contributed by atoms with Gasteiger partial charge in [-0.1, -0.05) is 29.8 Å². The molecule has 0 bridgehead atoms. The molecule has 2 rings (SSSR count). The molecule has 1 atom stereocenters. The number of likely N-dealkylation sites (N-methyl/N-ethyl adjacent to an activating group) is 1. The highest BCUT2D eigenvalue weighted by atomic mass is 35.5. The second-order valence-corrected chi connectivity index (χ2v) is 6.70. The summed E-state index contributed by atoms with van der Waals surface area (Å²) >= 11 is 6.08. The van der Waals surface area contributed by atoms with E-state index >= 15 is 0 Å². The second kappa shape index (κ2) is 8.88. The number of anilines is 1. The molecule has 0 saturated heterocycles. The molecule has 0 aromatic heterocycles. The van der Waals surface area contributed by atoms with Gasteiger partial charge in [0.25, 0.3) is 0 Å². The molecular formula is C20H25ClN2O2. The van der Waals surface area contributed by atoms with E-state index in [2.05, 4.69) is 11.4 Å². The maximum atomic E-state index is 12.4. The average Bonchev–Trinajstić information content (AvgIpc) is 2.55. The summed E-state index contributed by atoms with van der Waals surface area (Å²) < 4.78 is 5.81. The predicted molar refractivity (Wildman–Crippen MR) is 104 cm³/mol. The zero-order valence-electron chi connectivity index (χ0n) is 15.2. The van der Waals surface area contributed by atoms with Crippen LogP contribution in [0.3, 0.4) is 0 Å². The summed E-state index contributed by atoms with van der Waals surface area (Å²) in [5.41, 5.74) is 2.98. The number of carbonyl (C=O) groups excluding carboxylic acids is 1. The first kappa shape index (κ1) is 19.3. The topological polar surface area (TPSA) is 41.6 Å². The molecule has 2 aromatic rings. The van der Waals surface area contributed by atoms with Crippen LogP contribution in [-0.4, -0.2) is 37.0 Å². The number of ether oxygens (including phenoxy) is 1. The molecule has 1 N–H and O–H groups in total. The van der Waals surface area contributed by atoms with Crippen LogP contribution in [-0.2, 0) is 4.79 Å². The number of aryl methyl sites for hydroxylation is 2. The van der Waals surface area contributed by atoms with Crippen molar-refractivity contribution in [2.24, 2.45) is 0 Å². The van der Waals surface area contributed by atoms with Crippen molar-refractivity contribution in [3.05, 3.63) is 58.6 Å². The predicted octanol–water partition coefficient (Wildman–Crippen LogP) is 4.29. The van der Waals surface area contributed by atoms with Crippen molar-refractivity contribution in [1.82, 2.24) is 4.90 Å². The van der Waals surface area contributed by atoms with Crippen LogP contribution in [0.1, 0.15) is 18.1 Å². The molecule has 134 valence electrons. The van der Waals surface area contributed by atoms with Gasteiger partial charge in [-0.05, 0) is 63.2 Å². The number of rotatable bonds is 7. The summed E-state index contributed by atoms with van der Waals surface area (Å²) in [4.78, 5) is 14.3. The number of benzene rings is 2. The summed E-state index contributed by atoms with van der Waals surface area (Å²) in [5.74, 6) is 0.765. The van der Waals surface area contributed by atoms with Gasteiger partial charge in [0.2, 0.25) is 5.91 Å². The number of nitrogens with one attached hydrogen (secondary N) is 1. The summed E-state index contributed by atoms with van der Waals surface area (Å²) in [6.07, 6.45) is 0. The minimum atomic E-state index is -0.292. The van der Waals surface area contributed by atoms with E-state index in [1.165, 1.54) is 11.1 Å². The Morgan fingerprint density at radius 1 is 1.20 bits per heavy atom. The van der Waals surface area contributed by atoms with E-state index in [9.17, 15) is 4.79 Å². The zero-order chi connectivity index (χ0) is 18.4. The van der Waals surface area contributed by atoms with Gasteiger partial charge in [-0.3, -0.25) is 9.69 Å². The molecule has 0 heterocycles. The lowest BCUT2D eigenvalue weighted by atomic mass is 10.1. The second-order valence-electron chi connectivity index (χ2n) is 6.30. The van der Waals surface area contributed by atoms with Crippen molar-refractivity contribution in [3.63, 3.8) is 0 Å². The molecule has 0 fully saturated rings. The van der Waals surface area contributed by atoms with Gasteiger partial charge < -0.3 is 10.1 Å². The van der Waals surface area contributed by atoms with Gasteiger partial charge in [0.1, 0.15) is 12.4 Å². The Kier molecular flexibility index (Phi) is 6.85. The average molecular weight is 361 g/mol. The molecule has 0 aliphatic heterocycles. The molecule has 2 aromatic carbocycles. The van der Waals surface area contributed by atoms with E-state index in [4.69, 9.17) is 16.3 Å². The van der Waals surface area contributed by atoms with Gasteiger partial charge in [0, 0.05) is 6.54 Å². The molecule has 5 heteroatoms. The van der Waals surface area contributed by atoms with Gasteiger partial charge in [0.05, 0.1) is 16.8 Å². The Morgan fingerprint density at radius 3 is 2.48 bits per heavy atom. The maximum Gasteiger partial charge on any atom is 0.241 e. The highest BCUT2D eigenvalue weighted by molar-refractivity contribution is 6.33. The van der Waals surface area contributed by atoms with Crippen LogP contribution in [0.4, 0.5) is 5.69 Å². The molecule has 0 aliphatic carbocycles. The molecular weight excluding hydrogens is 336 g/mol. The summed E-state index contributed by atoms with van der Waals surface area (Å²) in [5, 5.41) is 3.39. The number of para-hydroxylation sites is 1. The number of halogens is 1. The Balaban J connectivity index is 1.84. The van der Waals surface area contributed by atoms with Crippen molar-refractivity contribution in [2.45, 2.75) is 26.8 Å². The number of hydrogen-bond donors (Lipinski definition) is 1. The first-order chi connectivity index (χ1) is 11.9. The minimum absolute atomic E-state index is 0.0954. The van der Waals surface area contributed by atoms with Crippen LogP contribution in [0.15, 0.2) is 42.5 Å². The van der Waals surface area contributed by atoms with Crippen LogP contribution in [0.5, 0.6) is 5.75 Å². The van der Waals surface area contributed by atoms with E-state index in [1.807, 2.05) is 57.0 Å². The van der Waals surface area contributed by atoms with Crippen LogP contribution in [0.2, 0.25) is 5.02 Å². The molecule has 0 saturated carbocycles. The van der Waals surface area contributed by atoms with Gasteiger partial charge in [-0.2, -0.15) is 0 Å². The fraction of sp³-hybridized carbons (Fsp3) is 0.350. The van der Waals surface area contributed by atoms with E-state index in [0.717, 1.165) is 5.75 Å². The third kappa shape index (κ3) is 5.76. The maximum absolute atomic E-state index is 12.4. The standard InChI is InChI=1S/C20H25ClN2O2/c1-14-11-15(2)13-17(12-14)25-10-9-23(4)16(3)20(24)22-19-8-6-5-7-18(19)21/h5-8,11-13,16H,9-10H2,1-4H3,(H,22,24). The van der Waals surface area contributed by atoms with Crippen molar-refractivity contribution in [3.8, 4) is 5.75 Å². The number of nitrogens with zero attached hydrogens (tertiary/aromatic N) is 1. The first-order valence-electron chi connectivity index (χ1n) is 8.33. The van der Waals surface area contributed by atoms with Gasteiger partial charge in [-0.15, -0.1) is 0 Å². The molecule has 0 aliphatic rings. The number of hydrogen-bond acceptors (Lipinski definition) is 3. The van der Waals surface area contributed by atoms with Crippen molar-refractivity contribution < 1.29 is 9.53 Å². The van der Waals surface area contributed by atoms with Gasteiger partial charge >= 0.3 is 0 Å². The lowest BCUT2D eigenvalue weighted by molar-refractivity contribution is -0.120. The summed E-state index contributed by atoms with van der Waals surface area (Å²) in [7, 11) is 1.90. The largest absolute Gasteiger partial charge is 0.492 e. The quantitative estimate of drug-likeness (QED) is 0.800. The SMILES string of the molecule is Cc1cc(C)cc(OCCN(C)C(C)C(=O)Nc2ccccc2Cl)c1. The van der Waals surface area contributed by atoms with E-state index in [-0.39, 0.29) is 11.9 Å². The summed E-state index contributed by atoms with van der Waals surface area (Å²) in [6, 6.07) is 13.1. The number of carbonyl (C=O) groups is 1. The van der Waals surface area contributed by atoms with Crippen LogP contribution < -0.4 is 10.1 Å². The summed E-state index contributed by atoms with van der Waals surface area (Å²) in [6.45, 7) is 7.12. The Morgan fingerprint density at radius 2 is 1.84 bits per heavy atom. The Bertz CT molecular complexity index is 713. The molecule has 4 nitrogen and oxygen atoms in total. The van der Waals surface area contributed by atoms with Crippen LogP contribution in [0.25, 0.3) is 0 Å². The zero-order valence-corrected chi connectivity index (χ0v) is 15.9. The van der Waals surface area contributed by atoms with E-state index in [0.29, 0.717) is 23.9 Å². The third-order valence-electron chi connectivity index (χ3n) is 4.08. The molecule has 1 amide bonds. The number of amides is 1. The van der Waals surface area contributed by atoms with Crippen molar-refractivity contribution in [2.75, 3.05) is 25.5 Å². The van der Waals surface area contributed by atoms with E-state index in [1.54, 1.807) is 12.1 Å². The highest BCUT2D eigenvalue weighted by Crippen LogP contribution is 2.21. The Hall–Kier alpha value is -2.04. The highest BCUT2D eigenvalue weighted by Gasteiger charge is 2.18. The third-order valence-corrected chi connectivity index (χ3v) is 4.41. The molecule has 1 unspecified atom stereocenters. The first-order valence-corrected chi connectivity index (χ1v) is 8.71. The van der Waals surface area contributed by atoms with E-state index < -0.39 is 0 Å². The molecule has 0 radical (unpaired) electrons. The fourth-order valence-corrected chi connectivity index (χ4v) is 2.70. The lowest BCUT2D eigenvalue weighted by Crippen LogP contribution is -2.41. The Labute approximate surface area is 154 Å². The molecule has 0 spiro atoms. The fourth-order valence-electron chi connectivity index (χ4n) is 2.52. The smallest absolute Gasteiger partial charge is 0.241 e. The van der Waals surface area contributed by atoms with Gasteiger partial charge in [0.15, 0.2) is 0 Å². The monoisotopic (exact) mass is 360 g/mol. The van der Waals surface area contributed by atoms with Crippen molar-refractivity contribution >= 4 is 23.2 Å². The van der Waals surface area contributed by atoms with Crippen LogP contribution in [0, 0.1) is 13.8 Å². The minimum Gasteiger partial charge on any atom is -0.492 e. The van der Waals surface area contributed by atoms with Gasteiger partial charge in [-0.25, -0.2) is 0 Å². The normalized spacial score (nSPS) is 12.1.